The van der Waals surface area contributed by atoms with E-state index in [9.17, 15) is 9.90 Å². The van der Waals surface area contributed by atoms with Gasteiger partial charge >= 0.3 is 0 Å². The van der Waals surface area contributed by atoms with E-state index in [-0.39, 0.29) is 17.5 Å². The van der Waals surface area contributed by atoms with Crippen LogP contribution in [0.15, 0.2) is 59.2 Å². The van der Waals surface area contributed by atoms with Crippen LogP contribution in [-0.4, -0.2) is 16.6 Å². The van der Waals surface area contributed by atoms with Gasteiger partial charge in [-0.05, 0) is 43.2 Å². The number of benzene rings is 2. The molecule has 0 amide bonds. The molecule has 1 atom stereocenters. The van der Waals surface area contributed by atoms with Gasteiger partial charge in [-0.2, -0.15) is 0 Å². The fraction of sp³-hybridized carbons (Fsp3) is 0.261. The first-order valence-corrected chi connectivity index (χ1v) is 9.78. The minimum atomic E-state index is -0.0122. The first-order chi connectivity index (χ1) is 12.6. The Balaban J connectivity index is 1.66. The Labute approximate surface area is 159 Å². The van der Waals surface area contributed by atoms with E-state index in [1.54, 1.807) is 17.8 Å². The second kappa shape index (κ2) is 8.29. The molecule has 26 heavy (non-hydrogen) atoms. The van der Waals surface area contributed by atoms with Gasteiger partial charge in [-0.15, -0.1) is 18.2 Å². The average molecular weight is 362 g/mol. The van der Waals surface area contributed by atoms with Crippen molar-refractivity contribution in [2.75, 3.05) is 5.75 Å². The zero-order chi connectivity index (χ0) is 18.5. The number of rotatable bonds is 5. The van der Waals surface area contributed by atoms with Gasteiger partial charge in [0.25, 0.3) is 0 Å². The number of hydrogen-bond acceptors (Lipinski definition) is 3. The summed E-state index contributed by atoms with van der Waals surface area (Å²) in [6, 6.07) is 15.8. The molecule has 0 bridgehead atoms. The maximum absolute atomic E-state index is 12.7. The SMILES string of the molecule is C#Cc1ccccc1C1=C(O)CC(CCSc2ccc(C)cc2)CC1=O. The van der Waals surface area contributed by atoms with Crippen molar-refractivity contribution < 1.29 is 9.90 Å². The molecule has 2 aromatic rings. The molecule has 0 saturated heterocycles. The number of Topliss-reactive ketones (excluding diaryl/α,β-unsaturated/α-hetero) is 1. The number of terminal acetylenes is 1. The van der Waals surface area contributed by atoms with Gasteiger partial charge in [-0.25, -0.2) is 0 Å². The molecule has 0 spiro atoms. The molecule has 0 heterocycles. The van der Waals surface area contributed by atoms with Crippen molar-refractivity contribution in [3.8, 4) is 12.3 Å². The van der Waals surface area contributed by atoms with E-state index in [2.05, 4.69) is 37.1 Å². The highest BCUT2D eigenvalue weighted by Crippen LogP contribution is 2.35. The molecule has 1 unspecified atom stereocenters. The second-order valence-electron chi connectivity index (χ2n) is 6.66. The highest BCUT2D eigenvalue weighted by atomic mass is 32.2. The van der Waals surface area contributed by atoms with Crippen molar-refractivity contribution in [1.82, 2.24) is 0 Å². The number of aryl methyl sites for hydroxylation is 1. The Bertz CT molecular complexity index is 872. The van der Waals surface area contributed by atoms with Crippen molar-refractivity contribution in [3.05, 3.63) is 71.0 Å². The molecule has 3 heteroatoms. The van der Waals surface area contributed by atoms with E-state index >= 15 is 0 Å². The molecular weight excluding hydrogens is 340 g/mol. The third-order valence-electron chi connectivity index (χ3n) is 4.69. The van der Waals surface area contributed by atoms with Gasteiger partial charge in [0.1, 0.15) is 5.76 Å². The van der Waals surface area contributed by atoms with Crippen molar-refractivity contribution in [1.29, 1.82) is 0 Å². The van der Waals surface area contributed by atoms with Crippen molar-refractivity contribution >= 4 is 23.1 Å². The van der Waals surface area contributed by atoms with Gasteiger partial charge in [0.2, 0.25) is 0 Å². The summed E-state index contributed by atoms with van der Waals surface area (Å²) in [7, 11) is 0. The first kappa shape index (κ1) is 18.4. The highest BCUT2D eigenvalue weighted by Gasteiger charge is 2.29. The lowest BCUT2D eigenvalue weighted by atomic mass is 9.82. The number of carbonyl (C=O) groups is 1. The number of allylic oxidation sites excluding steroid dienone is 2. The number of ketones is 1. The number of thioether (sulfide) groups is 1. The molecule has 1 aliphatic carbocycles. The summed E-state index contributed by atoms with van der Waals surface area (Å²) in [5.41, 5.74) is 2.98. The fourth-order valence-electron chi connectivity index (χ4n) is 3.29. The Morgan fingerprint density at radius 1 is 1.15 bits per heavy atom. The van der Waals surface area contributed by atoms with Gasteiger partial charge in [0.05, 0.1) is 5.57 Å². The van der Waals surface area contributed by atoms with Gasteiger partial charge in [-0.3, -0.25) is 4.79 Å². The van der Waals surface area contributed by atoms with Crippen LogP contribution in [0.3, 0.4) is 0 Å². The van der Waals surface area contributed by atoms with Gasteiger partial charge in [0.15, 0.2) is 5.78 Å². The summed E-state index contributed by atoms with van der Waals surface area (Å²) in [6.07, 6.45) is 7.44. The van der Waals surface area contributed by atoms with Crippen LogP contribution < -0.4 is 0 Å². The van der Waals surface area contributed by atoms with Gasteiger partial charge < -0.3 is 5.11 Å². The fourth-order valence-corrected chi connectivity index (χ4v) is 4.30. The Hall–Kier alpha value is -2.44. The predicted molar refractivity (Wildman–Crippen MR) is 108 cm³/mol. The van der Waals surface area contributed by atoms with Gasteiger partial charge in [0, 0.05) is 28.9 Å². The Morgan fingerprint density at radius 3 is 2.58 bits per heavy atom. The monoisotopic (exact) mass is 362 g/mol. The topological polar surface area (TPSA) is 37.3 Å². The summed E-state index contributed by atoms with van der Waals surface area (Å²) in [5.74, 6) is 3.88. The Morgan fingerprint density at radius 2 is 1.88 bits per heavy atom. The first-order valence-electron chi connectivity index (χ1n) is 8.79. The van der Waals surface area contributed by atoms with E-state index in [1.165, 1.54) is 10.5 Å². The van der Waals surface area contributed by atoms with Crippen LogP contribution in [0, 0.1) is 25.2 Å². The van der Waals surface area contributed by atoms with Crippen LogP contribution in [0.2, 0.25) is 0 Å². The molecule has 0 radical (unpaired) electrons. The van der Waals surface area contributed by atoms with Crippen LogP contribution in [0.4, 0.5) is 0 Å². The molecule has 2 aromatic carbocycles. The maximum Gasteiger partial charge on any atom is 0.167 e. The van der Waals surface area contributed by atoms with Crippen molar-refractivity contribution in [2.45, 2.75) is 31.1 Å². The third kappa shape index (κ3) is 4.20. The molecule has 2 nitrogen and oxygen atoms in total. The van der Waals surface area contributed by atoms with E-state index < -0.39 is 0 Å². The summed E-state index contributed by atoms with van der Waals surface area (Å²) in [5, 5.41) is 10.5. The largest absolute Gasteiger partial charge is 0.512 e. The molecule has 0 saturated carbocycles. The normalized spacial score (nSPS) is 17.2. The zero-order valence-corrected chi connectivity index (χ0v) is 15.7. The number of aliphatic hydroxyl groups is 1. The molecule has 1 N–H and O–H groups in total. The lowest BCUT2D eigenvalue weighted by Gasteiger charge is -2.24. The van der Waals surface area contributed by atoms with Crippen molar-refractivity contribution in [2.24, 2.45) is 5.92 Å². The zero-order valence-electron chi connectivity index (χ0n) is 14.9. The van der Waals surface area contributed by atoms with Crippen LogP contribution >= 0.6 is 11.8 Å². The number of aliphatic hydroxyl groups excluding tert-OH is 1. The van der Waals surface area contributed by atoms with Crippen LogP contribution in [0.25, 0.3) is 5.57 Å². The maximum atomic E-state index is 12.7. The smallest absolute Gasteiger partial charge is 0.167 e. The molecule has 0 aliphatic heterocycles. The number of hydrogen-bond donors (Lipinski definition) is 1. The summed E-state index contributed by atoms with van der Waals surface area (Å²) in [6.45, 7) is 2.08. The summed E-state index contributed by atoms with van der Waals surface area (Å²) >= 11 is 1.79. The molecule has 0 fully saturated rings. The van der Waals surface area contributed by atoms with Crippen LogP contribution in [0.1, 0.15) is 36.0 Å². The predicted octanol–water partition coefficient (Wildman–Crippen LogP) is 5.41. The standard InChI is InChI=1S/C23H22O2S/c1-3-18-6-4-5-7-20(18)23-21(24)14-17(15-22(23)25)12-13-26-19-10-8-16(2)9-11-19/h1,4-11,17,24H,12-15H2,2H3. The van der Waals surface area contributed by atoms with Crippen LogP contribution in [0.5, 0.6) is 0 Å². The minimum Gasteiger partial charge on any atom is -0.512 e. The minimum absolute atomic E-state index is 0.0122. The quantitative estimate of drug-likeness (QED) is 0.571. The Kier molecular flexibility index (Phi) is 5.85. The summed E-state index contributed by atoms with van der Waals surface area (Å²) in [4.78, 5) is 13.9. The van der Waals surface area contributed by atoms with Crippen molar-refractivity contribution in [3.63, 3.8) is 0 Å². The van der Waals surface area contributed by atoms with Crippen LogP contribution in [-0.2, 0) is 4.79 Å². The van der Waals surface area contributed by atoms with E-state index in [0.29, 0.717) is 29.5 Å². The lowest BCUT2D eigenvalue weighted by molar-refractivity contribution is -0.115. The molecule has 132 valence electrons. The highest BCUT2D eigenvalue weighted by molar-refractivity contribution is 7.99. The lowest BCUT2D eigenvalue weighted by Crippen LogP contribution is -2.20. The molecule has 3 rings (SSSR count). The molecule has 1 aliphatic rings. The molecular formula is C23H22O2S. The van der Waals surface area contributed by atoms with E-state index in [0.717, 1.165) is 12.2 Å². The molecule has 0 aromatic heterocycles. The third-order valence-corrected chi connectivity index (χ3v) is 5.74. The average Bonchev–Trinajstić information content (AvgIpc) is 2.63. The van der Waals surface area contributed by atoms with E-state index in [1.807, 2.05) is 18.2 Å². The van der Waals surface area contributed by atoms with Gasteiger partial charge in [-0.1, -0.05) is 41.8 Å². The second-order valence-corrected chi connectivity index (χ2v) is 7.83. The van der Waals surface area contributed by atoms with E-state index in [4.69, 9.17) is 6.42 Å². The summed E-state index contributed by atoms with van der Waals surface area (Å²) < 4.78 is 0. The number of carbonyl (C=O) groups excluding carboxylic acids is 1.